The van der Waals surface area contributed by atoms with Gasteiger partial charge in [-0.1, -0.05) is 18.2 Å². The minimum Gasteiger partial charge on any atom is -0.310 e. The number of anilines is 2. The Kier molecular flexibility index (Phi) is 7.04. The highest BCUT2D eigenvalue weighted by Crippen LogP contribution is 2.32. The van der Waals surface area contributed by atoms with Crippen LogP contribution in [0.1, 0.15) is 5.56 Å². The van der Waals surface area contributed by atoms with Crippen molar-refractivity contribution in [3.63, 3.8) is 0 Å². The predicted octanol–water partition coefficient (Wildman–Crippen LogP) is 2.63. The molecule has 3 aromatic carbocycles. The summed E-state index contributed by atoms with van der Waals surface area (Å²) in [7, 11) is -4.99. The Balaban J connectivity index is 1.68. The van der Waals surface area contributed by atoms with Gasteiger partial charge in [-0.2, -0.15) is 0 Å². The third-order valence-electron chi connectivity index (χ3n) is 5.98. The molecule has 0 saturated heterocycles. The van der Waals surface area contributed by atoms with Gasteiger partial charge >= 0.3 is 0 Å². The maximum Gasteiger partial charge on any atom is 0.269 e. The fourth-order valence-electron chi connectivity index (χ4n) is 3.99. The number of hydrogen-bond acceptors (Lipinski definition) is 7. The quantitative estimate of drug-likeness (QED) is 0.314. The first-order valence-corrected chi connectivity index (χ1v) is 14.0. The van der Waals surface area contributed by atoms with Crippen LogP contribution < -0.4 is 9.21 Å². The first-order valence-electron chi connectivity index (χ1n) is 11.1. The van der Waals surface area contributed by atoms with Gasteiger partial charge in [0.15, 0.2) is 0 Å². The molecule has 0 aliphatic carbocycles. The molecule has 0 atom stereocenters. The molecule has 0 bridgehead atoms. The van der Waals surface area contributed by atoms with Gasteiger partial charge in [-0.05, 0) is 54.4 Å². The normalized spacial score (nSPS) is 13.4. The zero-order valence-electron chi connectivity index (χ0n) is 20.0. The number of carbonyl (C=O) groups excluding carboxylic acids is 1. The minimum atomic E-state index is -4.19. The lowest BCUT2D eigenvalue weighted by Gasteiger charge is -2.27. The number of sulfonamides is 2. The van der Waals surface area contributed by atoms with Crippen LogP contribution in [0.3, 0.4) is 0 Å². The van der Waals surface area contributed by atoms with Crippen molar-refractivity contribution in [1.29, 1.82) is 0 Å². The highest BCUT2D eigenvalue weighted by atomic mass is 32.2. The molecule has 1 heterocycles. The molecule has 0 unspecified atom stereocenters. The molecule has 37 heavy (non-hydrogen) atoms. The van der Waals surface area contributed by atoms with E-state index in [1.165, 1.54) is 67.5 Å². The molecule has 0 N–H and O–H groups in total. The van der Waals surface area contributed by atoms with Gasteiger partial charge in [0.2, 0.25) is 15.9 Å². The molecule has 0 saturated carbocycles. The van der Waals surface area contributed by atoms with Crippen molar-refractivity contribution < 1.29 is 26.6 Å². The van der Waals surface area contributed by atoms with Gasteiger partial charge in [-0.25, -0.2) is 21.1 Å². The predicted molar refractivity (Wildman–Crippen MR) is 137 cm³/mol. The molecule has 1 aliphatic heterocycles. The Bertz CT molecular complexity index is 1560. The first kappa shape index (κ1) is 26.3. The molecule has 0 aromatic heterocycles. The van der Waals surface area contributed by atoms with Crippen LogP contribution in [0.25, 0.3) is 0 Å². The van der Waals surface area contributed by atoms with Crippen molar-refractivity contribution in [2.24, 2.45) is 0 Å². The molecule has 0 fully saturated rings. The smallest absolute Gasteiger partial charge is 0.269 e. The summed E-state index contributed by atoms with van der Waals surface area (Å²) >= 11 is 0. The number of hydrogen-bond donors (Lipinski definition) is 0. The summed E-state index contributed by atoms with van der Waals surface area (Å²) in [4.78, 5) is 25.4. The minimum absolute atomic E-state index is 0.0403. The van der Waals surface area contributed by atoms with Crippen molar-refractivity contribution in [3.8, 4) is 0 Å². The third kappa shape index (κ3) is 5.05. The van der Waals surface area contributed by atoms with E-state index in [2.05, 4.69) is 0 Å². The molecule has 0 radical (unpaired) electrons. The summed E-state index contributed by atoms with van der Waals surface area (Å²) in [6.45, 7) is -0.314. The van der Waals surface area contributed by atoms with E-state index in [1.807, 2.05) is 0 Å². The molecular weight excluding hydrogens is 520 g/mol. The van der Waals surface area contributed by atoms with Crippen LogP contribution in [0.4, 0.5) is 17.1 Å². The maximum atomic E-state index is 13.5. The highest BCUT2D eigenvalue weighted by molar-refractivity contribution is 7.92. The number of nitro benzene ring substituents is 1. The SMILES string of the molecule is CN(C)S(=O)(=O)c1ccc2c(c1)CCN2C(=O)CN(c1ccc([N+](=O)[O-])cc1)S(=O)(=O)c1ccccc1. The number of nitrogens with zero attached hydrogens (tertiary/aromatic N) is 4. The van der Waals surface area contributed by atoms with Crippen LogP contribution in [-0.2, 0) is 31.3 Å². The van der Waals surface area contributed by atoms with Crippen LogP contribution in [0.15, 0.2) is 82.6 Å². The number of fused-ring (bicyclic) bond motifs is 1. The van der Waals surface area contributed by atoms with E-state index in [9.17, 15) is 31.7 Å². The molecular formula is C24H24N4O7S2. The van der Waals surface area contributed by atoms with Crippen molar-refractivity contribution >= 4 is 43.0 Å². The molecule has 13 heteroatoms. The lowest BCUT2D eigenvalue weighted by molar-refractivity contribution is -0.384. The highest BCUT2D eigenvalue weighted by Gasteiger charge is 2.32. The second kappa shape index (κ2) is 9.92. The van der Waals surface area contributed by atoms with Crippen molar-refractivity contribution in [2.45, 2.75) is 16.2 Å². The van der Waals surface area contributed by atoms with Gasteiger partial charge in [0.05, 0.1) is 20.4 Å². The molecule has 0 spiro atoms. The number of non-ortho nitro benzene ring substituents is 1. The van der Waals surface area contributed by atoms with E-state index < -0.39 is 37.4 Å². The molecule has 1 amide bonds. The fourth-order valence-corrected chi connectivity index (χ4v) is 6.38. The Hall–Kier alpha value is -3.81. The van der Waals surface area contributed by atoms with Gasteiger partial charge in [0.1, 0.15) is 6.54 Å². The van der Waals surface area contributed by atoms with Gasteiger partial charge in [-0.3, -0.25) is 19.2 Å². The topological polar surface area (TPSA) is 138 Å². The van der Waals surface area contributed by atoms with Crippen molar-refractivity contribution in [1.82, 2.24) is 4.31 Å². The summed E-state index contributed by atoms with van der Waals surface area (Å²) in [5, 5.41) is 11.1. The lowest BCUT2D eigenvalue weighted by Crippen LogP contribution is -2.42. The second-order valence-corrected chi connectivity index (χ2v) is 12.5. The van der Waals surface area contributed by atoms with Crippen LogP contribution in [0.5, 0.6) is 0 Å². The molecule has 1 aliphatic rings. The van der Waals surface area contributed by atoms with Gasteiger partial charge < -0.3 is 4.90 Å². The summed E-state index contributed by atoms with van der Waals surface area (Å²) < 4.78 is 54.0. The number of nitro groups is 1. The Morgan fingerprint density at radius 3 is 2.16 bits per heavy atom. The number of amides is 1. The van der Waals surface area contributed by atoms with E-state index in [0.717, 1.165) is 8.61 Å². The zero-order valence-corrected chi connectivity index (χ0v) is 21.6. The Morgan fingerprint density at radius 1 is 0.919 bits per heavy atom. The summed E-state index contributed by atoms with van der Waals surface area (Å²) in [6.07, 6.45) is 0.404. The molecule has 11 nitrogen and oxygen atoms in total. The van der Waals surface area contributed by atoms with Crippen LogP contribution in [-0.4, -0.2) is 59.2 Å². The number of rotatable bonds is 8. The monoisotopic (exact) mass is 544 g/mol. The fraction of sp³-hybridized carbons (Fsp3) is 0.208. The van der Waals surface area contributed by atoms with Crippen molar-refractivity contribution in [2.75, 3.05) is 36.4 Å². The van der Waals surface area contributed by atoms with E-state index >= 15 is 0 Å². The summed E-state index contributed by atoms with van der Waals surface area (Å²) in [5.41, 5.74) is 1.03. The lowest BCUT2D eigenvalue weighted by atomic mass is 10.2. The average Bonchev–Trinajstić information content (AvgIpc) is 3.31. The Labute approximate surface area is 214 Å². The molecule has 4 rings (SSSR count). The third-order valence-corrected chi connectivity index (χ3v) is 9.58. The van der Waals surface area contributed by atoms with Crippen LogP contribution in [0.2, 0.25) is 0 Å². The number of carbonyl (C=O) groups is 1. The van der Waals surface area contributed by atoms with Crippen LogP contribution >= 0.6 is 0 Å². The first-order chi connectivity index (χ1) is 17.4. The number of benzene rings is 3. The van der Waals surface area contributed by atoms with Gasteiger partial charge in [-0.15, -0.1) is 0 Å². The largest absolute Gasteiger partial charge is 0.310 e. The standard InChI is InChI=1S/C24H24N4O7S2/c1-25(2)36(32,33)22-12-13-23-18(16-22)14-15-26(23)24(29)17-27(19-8-10-20(11-9-19)28(30)31)37(34,35)21-6-4-3-5-7-21/h3-13,16H,14-15,17H2,1-2H3. The Morgan fingerprint density at radius 2 is 1.57 bits per heavy atom. The average molecular weight is 545 g/mol. The van der Waals surface area contributed by atoms with E-state index in [-0.39, 0.29) is 27.7 Å². The van der Waals surface area contributed by atoms with E-state index in [1.54, 1.807) is 24.3 Å². The van der Waals surface area contributed by atoms with E-state index in [0.29, 0.717) is 17.7 Å². The zero-order chi connectivity index (χ0) is 27.0. The van der Waals surface area contributed by atoms with Crippen LogP contribution in [0, 0.1) is 10.1 Å². The summed E-state index contributed by atoms with van der Waals surface area (Å²) in [6, 6.07) is 16.9. The second-order valence-electron chi connectivity index (χ2n) is 8.47. The molecule has 194 valence electrons. The van der Waals surface area contributed by atoms with E-state index in [4.69, 9.17) is 0 Å². The molecule has 3 aromatic rings. The van der Waals surface area contributed by atoms with Crippen molar-refractivity contribution in [3.05, 3.63) is 88.5 Å². The van der Waals surface area contributed by atoms with Gasteiger partial charge in [0.25, 0.3) is 15.7 Å². The van der Waals surface area contributed by atoms with Gasteiger partial charge in [0, 0.05) is 38.5 Å². The summed E-state index contributed by atoms with van der Waals surface area (Å²) in [5.74, 6) is -0.528. The maximum absolute atomic E-state index is 13.5.